The summed E-state index contributed by atoms with van der Waals surface area (Å²) in [5.74, 6) is -0.501. The van der Waals surface area contributed by atoms with Crippen molar-refractivity contribution in [3.63, 3.8) is 0 Å². The maximum atomic E-state index is 14.0. The van der Waals surface area contributed by atoms with E-state index in [1.165, 1.54) is 18.2 Å². The molecule has 106 valence electrons. The molecule has 1 aliphatic rings. The molecule has 19 heavy (non-hydrogen) atoms. The van der Waals surface area contributed by atoms with E-state index in [9.17, 15) is 8.78 Å². The molecule has 0 spiro atoms. The zero-order chi connectivity index (χ0) is 13.8. The summed E-state index contributed by atoms with van der Waals surface area (Å²) < 4.78 is 27.5. The molecule has 0 bridgehead atoms. The van der Waals surface area contributed by atoms with Crippen molar-refractivity contribution >= 4 is 0 Å². The van der Waals surface area contributed by atoms with Gasteiger partial charge in [0.1, 0.15) is 11.6 Å². The van der Waals surface area contributed by atoms with E-state index in [2.05, 4.69) is 11.8 Å². The molecule has 0 amide bonds. The van der Waals surface area contributed by atoms with Gasteiger partial charge in [-0.25, -0.2) is 8.78 Å². The van der Waals surface area contributed by atoms with Gasteiger partial charge in [0, 0.05) is 11.6 Å². The molecule has 2 N–H and O–H groups in total. The van der Waals surface area contributed by atoms with Gasteiger partial charge in [0.15, 0.2) is 0 Å². The van der Waals surface area contributed by atoms with Crippen LogP contribution in [0.4, 0.5) is 8.78 Å². The Labute approximate surface area is 113 Å². The molecule has 2 atom stereocenters. The summed E-state index contributed by atoms with van der Waals surface area (Å²) >= 11 is 0. The predicted octanol–water partition coefficient (Wildman–Crippen LogP) is 3.09. The number of halogens is 2. The second kappa shape index (κ2) is 6.44. The third-order valence-corrected chi connectivity index (χ3v) is 3.95. The lowest BCUT2D eigenvalue weighted by Crippen LogP contribution is -2.42. The number of benzene rings is 1. The van der Waals surface area contributed by atoms with E-state index in [0.29, 0.717) is 12.1 Å². The average Bonchev–Trinajstić information content (AvgIpc) is 2.42. The molecule has 4 heteroatoms. The first kappa shape index (κ1) is 14.4. The van der Waals surface area contributed by atoms with E-state index in [4.69, 9.17) is 5.73 Å². The molecule has 0 radical (unpaired) electrons. The van der Waals surface area contributed by atoms with Crippen LogP contribution in [0.15, 0.2) is 18.2 Å². The minimum absolute atomic E-state index is 0.0885. The van der Waals surface area contributed by atoms with Crippen LogP contribution >= 0.6 is 0 Å². The van der Waals surface area contributed by atoms with Gasteiger partial charge in [-0.2, -0.15) is 0 Å². The molecule has 2 unspecified atom stereocenters. The van der Waals surface area contributed by atoms with Crippen molar-refractivity contribution < 1.29 is 8.78 Å². The SMILES string of the molecule is CCCN1CCCC(CN)C1c1cc(F)ccc1F. The summed E-state index contributed by atoms with van der Waals surface area (Å²) in [4.78, 5) is 2.25. The lowest BCUT2D eigenvalue weighted by Gasteiger charge is -2.41. The first-order valence-electron chi connectivity index (χ1n) is 7.06. The van der Waals surface area contributed by atoms with Crippen LogP contribution in [-0.4, -0.2) is 24.5 Å². The standard InChI is InChI=1S/C15H22F2N2/c1-2-7-19-8-3-4-11(10-18)15(19)13-9-12(16)5-6-14(13)17/h5-6,9,11,15H,2-4,7-8,10,18H2,1H3. The van der Waals surface area contributed by atoms with E-state index in [1.807, 2.05) is 0 Å². The van der Waals surface area contributed by atoms with Crippen LogP contribution in [0.25, 0.3) is 0 Å². The minimum Gasteiger partial charge on any atom is -0.330 e. The summed E-state index contributed by atoms with van der Waals surface area (Å²) in [6.07, 6.45) is 3.07. The summed E-state index contributed by atoms with van der Waals surface area (Å²) in [6.45, 7) is 4.45. The summed E-state index contributed by atoms with van der Waals surface area (Å²) in [6, 6.07) is 3.63. The number of piperidine rings is 1. The van der Waals surface area contributed by atoms with Crippen molar-refractivity contribution in [1.82, 2.24) is 4.90 Å². The molecule has 0 aliphatic carbocycles. The Balaban J connectivity index is 2.36. The first-order chi connectivity index (χ1) is 9.17. The molecule has 1 aliphatic heterocycles. The summed E-state index contributed by atoms with van der Waals surface area (Å²) in [7, 11) is 0. The van der Waals surface area contributed by atoms with Crippen LogP contribution in [0, 0.1) is 17.6 Å². The predicted molar refractivity (Wildman–Crippen MR) is 72.7 cm³/mol. The van der Waals surface area contributed by atoms with Crippen LogP contribution in [0.5, 0.6) is 0 Å². The number of hydrogen-bond donors (Lipinski definition) is 1. The smallest absolute Gasteiger partial charge is 0.128 e. The van der Waals surface area contributed by atoms with Crippen molar-refractivity contribution in [3.05, 3.63) is 35.4 Å². The number of rotatable bonds is 4. The Kier molecular flexibility index (Phi) is 4.88. The van der Waals surface area contributed by atoms with E-state index in [-0.39, 0.29) is 23.6 Å². The molecule has 2 nitrogen and oxygen atoms in total. The Hall–Kier alpha value is -1.00. The van der Waals surface area contributed by atoms with Gasteiger partial charge in [0.05, 0.1) is 0 Å². The molecule has 1 heterocycles. The average molecular weight is 268 g/mol. The maximum absolute atomic E-state index is 14.0. The fourth-order valence-corrected chi connectivity index (χ4v) is 3.13. The topological polar surface area (TPSA) is 29.3 Å². The normalized spacial score (nSPS) is 24.6. The van der Waals surface area contributed by atoms with Gasteiger partial charge in [-0.05, 0) is 63.0 Å². The number of likely N-dealkylation sites (tertiary alicyclic amines) is 1. The van der Waals surface area contributed by atoms with Crippen molar-refractivity contribution in [2.24, 2.45) is 11.7 Å². The third kappa shape index (κ3) is 3.12. The Morgan fingerprint density at radius 2 is 2.16 bits per heavy atom. The van der Waals surface area contributed by atoms with Gasteiger partial charge in [-0.15, -0.1) is 0 Å². The first-order valence-corrected chi connectivity index (χ1v) is 7.06. The Bertz CT molecular complexity index is 421. The largest absolute Gasteiger partial charge is 0.330 e. The molecule has 1 saturated heterocycles. The number of hydrogen-bond acceptors (Lipinski definition) is 2. The van der Waals surface area contributed by atoms with Crippen LogP contribution in [0.2, 0.25) is 0 Å². The molecule has 0 aromatic heterocycles. The molecule has 1 aromatic carbocycles. The molecule has 1 fully saturated rings. The van der Waals surface area contributed by atoms with Gasteiger partial charge in [0.2, 0.25) is 0 Å². The van der Waals surface area contributed by atoms with Gasteiger partial charge in [0.25, 0.3) is 0 Å². The van der Waals surface area contributed by atoms with Crippen LogP contribution in [0.1, 0.15) is 37.8 Å². The fourth-order valence-electron chi connectivity index (χ4n) is 3.13. The Morgan fingerprint density at radius 3 is 2.84 bits per heavy atom. The highest BCUT2D eigenvalue weighted by molar-refractivity contribution is 5.24. The second-order valence-electron chi connectivity index (χ2n) is 5.28. The van der Waals surface area contributed by atoms with Crippen LogP contribution in [-0.2, 0) is 0 Å². The molecule has 1 aromatic rings. The zero-order valence-corrected chi connectivity index (χ0v) is 11.4. The lowest BCUT2D eigenvalue weighted by atomic mass is 9.84. The van der Waals surface area contributed by atoms with Gasteiger partial charge in [-0.1, -0.05) is 6.92 Å². The van der Waals surface area contributed by atoms with Crippen LogP contribution in [0.3, 0.4) is 0 Å². The summed E-state index contributed by atoms with van der Waals surface area (Å²) in [5.41, 5.74) is 6.30. The van der Waals surface area contributed by atoms with Gasteiger partial charge >= 0.3 is 0 Å². The van der Waals surface area contributed by atoms with Gasteiger partial charge in [-0.3, -0.25) is 4.90 Å². The quantitative estimate of drug-likeness (QED) is 0.909. The number of nitrogens with zero attached hydrogens (tertiary/aromatic N) is 1. The third-order valence-electron chi connectivity index (χ3n) is 3.95. The molecule has 2 rings (SSSR count). The highest BCUT2D eigenvalue weighted by Crippen LogP contribution is 2.36. The van der Waals surface area contributed by atoms with Crippen molar-refractivity contribution in [2.45, 2.75) is 32.2 Å². The van der Waals surface area contributed by atoms with Crippen molar-refractivity contribution in [2.75, 3.05) is 19.6 Å². The lowest BCUT2D eigenvalue weighted by molar-refractivity contribution is 0.0931. The van der Waals surface area contributed by atoms with E-state index >= 15 is 0 Å². The van der Waals surface area contributed by atoms with Crippen LogP contribution < -0.4 is 5.73 Å². The molecule has 0 saturated carbocycles. The van der Waals surface area contributed by atoms with Gasteiger partial charge < -0.3 is 5.73 Å². The Morgan fingerprint density at radius 1 is 1.37 bits per heavy atom. The summed E-state index contributed by atoms with van der Waals surface area (Å²) in [5, 5.41) is 0. The maximum Gasteiger partial charge on any atom is 0.128 e. The van der Waals surface area contributed by atoms with E-state index < -0.39 is 0 Å². The van der Waals surface area contributed by atoms with E-state index in [1.54, 1.807) is 0 Å². The second-order valence-corrected chi connectivity index (χ2v) is 5.28. The zero-order valence-electron chi connectivity index (χ0n) is 11.4. The molecular weight excluding hydrogens is 246 g/mol. The minimum atomic E-state index is -0.380. The van der Waals surface area contributed by atoms with Crippen molar-refractivity contribution in [3.8, 4) is 0 Å². The van der Waals surface area contributed by atoms with E-state index in [0.717, 1.165) is 32.4 Å². The fraction of sp³-hybridized carbons (Fsp3) is 0.600. The number of nitrogens with two attached hydrogens (primary N) is 1. The highest BCUT2D eigenvalue weighted by Gasteiger charge is 2.33. The monoisotopic (exact) mass is 268 g/mol. The van der Waals surface area contributed by atoms with Crippen molar-refractivity contribution in [1.29, 1.82) is 0 Å². The highest BCUT2D eigenvalue weighted by atomic mass is 19.1. The molecular formula is C15H22F2N2.